The van der Waals surface area contributed by atoms with Crippen molar-refractivity contribution in [1.29, 1.82) is 0 Å². The van der Waals surface area contributed by atoms with Crippen molar-refractivity contribution in [2.24, 2.45) is 0 Å². The van der Waals surface area contributed by atoms with E-state index in [0.717, 1.165) is 16.6 Å². The fraction of sp³-hybridized carbons (Fsp3) is 0.143. The molecule has 0 aliphatic carbocycles. The minimum atomic E-state index is -0.507. The lowest BCUT2D eigenvalue weighted by Gasteiger charge is -2.08. The molecule has 0 aliphatic rings. The Hall–Kier alpha value is -2.08. The molecule has 1 N–H and O–H groups in total. The van der Waals surface area contributed by atoms with Gasteiger partial charge < -0.3 is 5.32 Å². The third kappa shape index (κ3) is 3.48. The SMILES string of the molecule is CSc1ccc(NCc2cc(F)ccc2[N+](=O)[O-])cc1. The molecule has 0 saturated carbocycles. The average molecular weight is 292 g/mol. The second-order valence-corrected chi connectivity index (χ2v) is 4.99. The van der Waals surface area contributed by atoms with Crippen LogP contribution in [0.15, 0.2) is 47.4 Å². The lowest BCUT2D eigenvalue weighted by Crippen LogP contribution is -2.03. The number of hydrogen-bond donors (Lipinski definition) is 1. The fourth-order valence-electron chi connectivity index (χ4n) is 1.78. The highest BCUT2D eigenvalue weighted by Gasteiger charge is 2.13. The Morgan fingerprint density at radius 1 is 1.25 bits per heavy atom. The van der Waals surface area contributed by atoms with Crippen LogP contribution in [-0.4, -0.2) is 11.2 Å². The smallest absolute Gasteiger partial charge is 0.274 e. The molecule has 0 radical (unpaired) electrons. The van der Waals surface area contributed by atoms with E-state index in [1.54, 1.807) is 11.8 Å². The van der Waals surface area contributed by atoms with Crippen LogP contribution in [0.4, 0.5) is 15.8 Å². The zero-order valence-electron chi connectivity index (χ0n) is 10.8. The summed E-state index contributed by atoms with van der Waals surface area (Å²) in [5.41, 5.74) is 1.07. The molecule has 0 saturated heterocycles. The molecule has 2 rings (SSSR count). The number of hydrogen-bond acceptors (Lipinski definition) is 4. The Bertz CT molecular complexity index is 617. The molecule has 0 bridgehead atoms. The van der Waals surface area contributed by atoms with Gasteiger partial charge in [0.05, 0.1) is 10.5 Å². The van der Waals surface area contributed by atoms with Crippen molar-refractivity contribution in [2.45, 2.75) is 11.4 Å². The first kappa shape index (κ1) is 14.3. The van der Waals surface area contributed by atoms with Gasteiger partial charge in [-0.2, -0.15) is 0 Å². The highest BCUT2D eigenvalue weighted by Crippen LogP contribution is 2.22. The Morgan fingerprint density at radius 3 is 2.55 bits per heavy atom. The predicted molar refractivity (Wildman–Crippen MR) is 78.6 cm³/mol. The first-order valence-corrected chi connectivity index (χ1v) is 7.13. The van der Waals surface area contributed by atoms with Gasteiger partial charge in [0.15, 0.2) is 0 Å². The highest BCUT2D eigenvalue weighted by molar-refractivity contribution is 7.98. The van der Waals surface area contributed by atoms with Crippen molar-refractivity contribution < 1.29 is 9.31 Å². The summed E-state index contributed by atoms with van der Waals surface area (Å²) < 4.78 is 13.2. The minimum Gasteiger partial charge on any atom is -0.381 e. The normalized spacial score (nSPS) is 10.3. The fourth-order valence-corrected chi connectivity index (χ4v) is 2.19. The van der Waals surface area contributed by atoms with Crippen LogP contribution in [0.1, 0.15) is 5.56 Å². The molecule has 0 unspecified atom stereocenters. The third-order valence-electron chi connectivity index (χ3n) is 2.81. The molecule has 2 aromatic rings. The predicted octanol–water partition coefficient (Wildman–Crippen LogP) is 4.07. The van der Waals surface area contributed by atoms with Gasteiger partial charge in [0, 0.05) is 23.2 Å². The Morgan fingerprint density at radius 2 is 1.95 bits per heavy atom. The lowest BCUT2D eigenvalue weighted by molar-refractivity contribution is -0.385. The number of thioether (sulfide) groups is 1. The number of nitrogens with one attached hydrogen (secondary N) is 1. The zero-order valence-corrected chi connectivity index (χ0v) is 11.6. The van der Waals surface area contributed by atoms with Crippen LogP contribution in [-0.2, 0) is 6.54 Å². The van der Waals surface area contributed by atoms with Crippen molar-refractivity contribution in [3.63, 3.8) is 0 Å². The van der Waals surface area contributed by atoms with Gasteiger partial charge in [-0.05, 0) is 42.7 Å². The van der Waals surface area contributed by atoms with E-state index < -0.39 is 10.7 Å². The molecule has 0 spiro atoms. The van der Waals surface area contributed by atoms with Gasteiger partial charge in [-0.15, -0.1) is 11.8 Å². The van der Waals surface area contributed by atoms with Crippen LogP contribution in [0.3, 0.4) is 0 Å². The van der Waals surface area contributed by atoms with Gasteiger partial charge in [0.2, 0.25) is 0 Å². The summed E-state index contributed by atoms with van der Waals surface area (Å²) in [4.78, 5) is 11.5. The van der Waals surface area contributed by atoms with Crippen LogP contribution in [0, 0.1) is 15.9 Å². The molecule has 4 nitrogen and oxygen atoms in total. The molecule has 6 heteroatoms. The summed E-state index contributed by atoms with van der Waals surface area (Å²) in [6.07, 6.45) is 1.98. The summed E-state index contributed by atoms with van der Waals surface area (Å²) in [5, 5.41) is 13.9. The van der Waals surface area contributed by atoms with E-state index >= 15 is 0 Å². The van der Waals surface area contributed by atoms with Crippen LogP contribution >= 0.6 is 11.8 Å². The Kier molecular flexibility index (Phi) is 4.57. The second-order valence-electron chi connectivity index (χ2n) is 4.11. The van der Waals surface area contributed by atoms with Crippen molar-refractivity contribution in [1.82, 2.24) is 0 Å². The van der Waals surface area contributed by atoms with E-state index in [1.165, 1.54) is 12.1 Å². The summed E-state index contributed by atoms with van der Waals surface area (Å²) in [7, 11) is 0. The van der Waals surface area contributed by atoms with Gasteiger partial charge in [-0.1, -0.05) is 0 Å². The zero-order chi connectivity index (χ0) is 14.5. The quantitative estimate of drug-likeness (QED) is 0.513. The number of halogens is 1. The number of anilines is 1. The summed E-state index contributed by atoms with van der Waals surface area (Å²) in [6.45, 7) is 0.201. The van der Waals surface area contributed by atoms with Crippen molar-refractivity contribution in [3.8, 4) is 0 Å². The standard InChI is InChI=1S/C14H13FN2O2S/c1-20-13-5-3-12(4-6-13)16-9-10-8-11(15)2-7-14(10)17(18)19/h2-8,16H,9H2,1H3. The van der Waals surface area contributed by atoms with Gasteiger partial charge in [-0.25, -0.2) is 4.39 Å². The van der Waals surface area contributed by atoms with E-state index in [2.05, 4.69) is 5.32 Å². The molecule has 0 aliphatic heterocycles. The molecular weight excluding hydrogens is 279 g/mol. The number of nitrogens with zero attached hydrogens (tertiary/aromatic N) is 1. The van der Waals surface area contributed by atoms with Gasteiger partial charge in [0.1, 0.15) is 5.82 Å². The van der Waals surface area contributed by atoms with E-state index in [-0.39, 0.29) is 12.2 Å². The molecule has 0 aromatic heterocycles. The highest BCUT2D eigenvalue weighted by atomic mass is 32.2. The van der Waals surface area contributed by atoms with Crippen LogP contribution < -0.4 is 5.32 Å². The van der Waals surface area contributed by atoms with Gasteiger partial charge in [-0.3, -0.25) is 10.1 Å². The van der Waals surface area contributed by atoms with Crippen LogP contribution in [0.25, 0.3) is 0 Å². The molecule has 0 fully saturated rings. The molecule has 2 aromatic carbocycles. The topological polar surface area (TPSA) is 55.2 Å². The first-order chi connectivity index (χ1) is 9.60. The van der Waals surface area contributed by atoms with Crippen LogP contribution in [0.2, 0.25) is 0 Å². The largest absolute Gasteiger partial charge is 0.381 e. The maximum Gasteiger partial charge on any atom is 0.274 e. The lowest BCUT2D eigenvalue weighted by atomic mass is 10.1. The molecule has 20 heavy (non-hydrogen) atoms. The maximum absolute atomic E-state index is 13.2. The Labute approximate surface area is 120 Å². The number of nitro benzene ring substituents is 1. The van der Waals surface area contributed by atoms with Gasteiger partial charge >= 0.3 is 0 Å². The minimum absolute atomic E-state index is 0.0837. The number of benzene rings is 2. The number of nitro groups is 1. The second kappa shape index (κ2) is 6.38. The molecular formula is C14H13FN2O2S. The van der Waals surface area contributed by atoms with E-state index in [4.69, 9.17) is 0 Å². The summed E-state index contributed by atoms with van der Waals surface area (Å²) in [6, 6.07) is 11.1. The molecule has 0 atom stereocenters. The van der Waals surface area contributed by atoms with E-state index in [0.29, 0.717) is 5.56 Å². The van der Waals surface area contributed by atoms with Crippen LogP contribution in [0.5, 0.6) is 0 Å². The average Bonchev–Trinajstić information content (AvgIpc) is 2.45. The van der Waals surface area contributed by atoms with Crippen molar-refractivity contribution in [2.75, 3.05) is 11.6 Å². The first-order valence-electron chi connectivity index (χ1n) is 5.91. The summed E-state index contributed by atoms with van der Waals surface area (Å²) in [5.74, 6) is -0.481. The monoisotopic (exact) mass is 292 g/mol. The van der Waals surface area contributed by atoms with Gasteiger partial charge in [0.25, 0.3) is 5.69 Å². The van der Waals surface area contributed by atoms with E-state index in [9.17, 15) is 14.5 Å². The third-order valence-corrected chi connectivity index (χ3v) is 3.55. The molecule has 104 valence electrons. The maximum atomic E-state index is 13.2. The van der Waals surface area contributed by atoms with Crippen molar-refractivity contribution in [3.05, 3.63) is 64.0 Å². The van der Waals surface area contributed by atoms with Crippen molar-refractivity contribution >= 4 is 23.1 Å². The Balaban J connectivity index is 2.13. The van der Waals surface area contributed by atoms with E-state index in [1.807, 2.05) is 30.5 Å². The molecule has 0 heterocycles. The molecule has 0 amide bonds. The number of rotatable bonds is 5. The summed E-state index contributed by atoms with van der Waals surface area (Å²) >= 11 is 1.63.